The Bertz CT molecular complexity index is 637. The third kappa shape index (κ3) is 4.55. The normalized spacial score (nSPS) is 13.2. The predicted octanol–water partition coefficient (Wildman–Crippen LogP) is 4.52. The lowest BCUT2D eigenvalue weighted by Gasteiger charge is -2.18. The molecule has 2 aliphatic rings. The second kappa shape index (κ2) is 8.32. The van der Waals surface area contributed by atoms with Crippen molar-refractivity contribution in [3.8, 4) is 23.0 Å². The second-order valence-electron chi connectivity index (χ2n) is 5.00. The lowest BCUT2D eigenvalue weighted by Crippen LogP contribution is -2.15. The fourth-order valence-electron chi connectivity index (χ4n) is 2.15. The maximum absolute atomic E-state index is 5.38. The Morgan fingerprint density at radius 3 is 1.65 bits per heavy atom. The maximum atomic E-state index is 5.38. The summed E-state index contributed by atoms with van der Waals surface area (Å²) in [6.07, 6.45) is 0. The highest BCUT2D eigenvalue weighted by molar-refractivity contribution is 5.44. The van der Waals surface area contributed by atoms with Crippen molar-refractivity contribution in [1.29, 1.82) is 0 Å². The molecule has 2 aromatic carbocycles. The number of benzene rings is 2. The Morgan fingerprint density at radius 2 is 1.04 bits per heavy atom. The summed E-state index contributed by atoms with van der Waals surface area (Å²) in [5.41, 5.74) is 2.40. The number of hydrogen-bond acceptors (Lipinski definition) is 4. The second-order valence-corrected chi connectivity index (χ2v) is 5.00. The largest absolute Gasteiger partial charge is 0.486 e. The zero-order valence-corrected chi connectivity index (χ0v) is 14.2. The Hall–Kier alpha value is -2.36. The van der Waals surface area contributed by atoms with E-state index in [1.54, 1.807) is 0 Å². The van der Waals surface area contributed by atoms with Gasteiger partial charge in [-0.05, 0) is 49.2 Å². The first-order chi connectivity index (χ1) is 11.2. The Kier molecular flexibility index (Phi) is 6.15. The zero-order valence-electron chi connectivity index (χ0n) is 14.2. The van der Waals surface area contributed by atoms with Crippen molar-refractivity contribution >= 4 is 0 Å². The van der Waals surface area contributed by atoms with Gasteiger partial charge in [0.05, 0.1) is 0 Å². The molecule has 0 atom stereocenters. The first kappa shape index (κ1) is 17.0. The van der Waals surface area contributed by atoms with Crippen LogP contribution in [0.15, 0.2) is 36.4 Å². The molecular formula is C19H24O4. The van der Waals surface area contributed by atoms with Crippen molar-refractivity contribution < 1.29 is 18.9 Å². The lowest BCUT2D eigenvalue weighted by atomic mass is 10.2. The molecule has 2 aliphatic heterocycles. The van der Waals surface area contributed by atoms with Gasteiger partial charge in [0.15, 0.2) is 23.0 Å². The molecule has 23 heavy (non-hydrogen) atoms. The van der Waals surface area contributed by atoms with E-state index in [0.717, 1.165) is 23.0 Å². The average Bonchev–Trinajstić information content (AvgIpc) is 3.04. The highest BCUT2D eigenvalue weighted by Crippen LogP contribution is 2.32. The summed E-state index contributed by atoms with van der Waals surface area (Å²) in [7, 11) is 0. The highest BCUT2D eigenvalue weighted by atomic mass is 16.7. The molecule has 0 aliphatic carbocycles. The molecule has 0 saturated heterocycles. The molecule has 2 heterocycles. The van der Waals surface area contributed by atoms with Crippen LogP contribution >= 0.6 is 0 Å². The topological polar surface area (TPSA) is 36.9 Å². The van der Waals surface area contributed by atoms with E-state index in [9.17, 15) is 0 Å². The maximum Gasteiger partial charge on any atom is 0.231 e. The molecule has 0 saturated carbocycles. The van der Waals surface area contributed by atoms with Crippen LogP contribution < -0.4 is 18.9 Å². The summed E-state index contributed by atoms with van der Waals surface area (Å²) in [5.74, 6) is 3.45. The molecule has 0 amide bonds. The van der Waals surface area contributed by atoms with Crippen molar-refractivity contribution in [2.24, 2.45) is 0 Å². The summed E-state index contributed by atoms with van der Waals surface area (Å²) >= 11 is 0. The van der Waals surface area contributed by atoms with E-state index < -0.39 is 0 Å². The van der Waals surface area contributed by atoms with Crippen LogP contribution in [0.25, 0.3) is 0 Å². The third-order valence-electron chi connectivity index (χ3n) is 3.23. The summed E-state index contributed by atoms with van der Waals surface area (Å²) < 4.78 is 21.0. The number of rotatable bonds is 0. The molecular weight excluding hydrogens is 292 g/mol. The zero-order chi connectivity index (χ0) is 16.7. The van der Waals surface area contributed by atoms with Crippen molar-refractivity contribution in [2.45, 2.75) is 27.7 Å². The Balaban J connectivity index is 0.000000152. The first-order valence-corrected chi connectivity index (χ1v) is 7.95. The third-order valence-corrected chi connectivity index (χ3v) is 3.23. The van der Waals surface area contributed by atoms with Gasteiger partial charge in [0.25, 0.3) is 0 Å². The molecule has 0 unspecified atom stereocenters. The number of fused-ring (bicyclic) bond motifs is 2. The van der Waals surface area contributed by atoms with Crippen molar-refractivity contribution in [2.75, 3.05) is 20.0 Å². The minimum atomic E-state index is 0.360. The quantitative estimate of drug-likeness (QED) is 0.716. The number of ether oxygens (including phenoxy) is 4. The predicted molar refractivity (Wildman–Crippen MR) is 90.8 cm³/mol. The molecule has 4 heteroatoms. The Morgan fingerprint density at radius 1 is 0.609 bits per heavy atom. The standard InChI is InChI=1S/C9H10O2.C8H8O2.C2H6/c1-7-2-3-8-9(6-7)11-5-4-10-8;1-6-2-3-7-8(4-6)10-5-9-7;1-2/h2-3,6H,4-5H2,1H3;2-4H,5H2,1H3;1-2H3. The lowest BCUT2D eigenvalue weighted by molar-refractivity contribution is 0.171. The van der Waals surface area contributed by atoms with Crippen LogP contribution in [-0.2, 0) is 0 Å². The van der Waals surface area contributed by atoms with E-state index in [1.807, 2.05) is 64.1 Å². The highest BCUT2D eigenvalue weighted by Gasteiger charge is 2.11. The van der Waals surface area contributed by atoms with Gasteiger partial charge in [-0.1, -0.05) is 26.0 Å². The van der Waals surface area contributed by atoms with E-state index in [2.05, 4.69) is 0 Å². The van der Waals surface area contributed by atoms with Crippen molar-refractivity contribution in [1.82, 2.24) is 0 Å². The van der Waals surface area contributed by atoms with Gasteiger partial charge in [0.1, 0.15) is 13.2 Å². The summed E-state index contributed by atoms with van der Waals surface area (Å²) in [6, 6.07) is 11.9. The number of aryl methyl sites for hydroxylation is 2. The molecule has 0 fully saturated rings. The first-order valence-electron chi connectivity index (χ1n) is 7.95. The van der Waals surface area contributed by atoms with Crippen molar-refractivity contribution in [3.63, 3.8) is 0 Å². The van der Waals surface area contributed by atoms with Crippen LogP contribution in [0, 0.1) is 13.8 Å². The monoisotopic (exact) mass is 316 g/mol. The van der Waals surface area contributed by atoms with Gasteiger partial charge in [-0.3, -0.25) is 0 Å². The minimum Gasteiger partial charge on any atom is -0.486 e. The van der Waals surface area contributed by atoms with Crippen LogP contribution in [-0.4, -0.2) is 20.0 Å². The van der Waals surface area contributed by atoms with Crippen LogP contribution in [0.3, 0.4) is 0 Å². The van der Waals surface area contributed by atoms with E-state index >= 15 is 0 Å². The molecule has 0 aromatic heterocycles. The molecule has 4 rings (SSSR count). The van der Waals surface area contributed by atoms with E-state index in [-0.39, 0.29) is 0 Å². The van der Waals surface area contributed by atoms with Gasteiger partial charge in [0.2, 0.25) is 6.79 Å². The van der Waals surface area contributed by atoms with Gasteiger partial charge in [0, 0.05) is 0 Å². The molecule has 0 bridgehead atoms. The molecule has 0 N–H and O–H groups in total. The molecule has 4 nitrogen and oxygen atoms in total. The van der Waals surface area contributed by atoms with Crippen LogP contribution in [0.2, 0.25) is 0 Å². The molecule has 0 spiro atoms. The van der Waals surface area contributed by atoms with E-state index in [1.165, 1.54) is 11.1 Å². The van der Waals surface area contributed by atoms with Crippen molar-refractivity contribution in [3.05, 3.63) is 47.5 Å². The van der Waals surface area contributed by atoms with Crippen LogP contribution in [0.5, 0.6) is 23.0 Å². The minimum absolute atomic E-state index is 0.360. The van der Waals surface area contributed by atoms with Gasteiger partial charge < -0.3 is 18.9 Å². The van der Waals surface area contributed by atoms with E-state index in [4.69, 9.17) is 18.9 Å². The van der Waals surface area contributed by atoms with Gasteiger partial charge >= 0.3 is 0 Å². The van der Waals surface area contributed by atoms with E-state index in [0.29, 0.717) is 20.0 Å². The molecule has 124 valence electrons. The number of hydrogen-bond donors (Lipinski definition) is 0. The van der Waals surface area contributed by atoms with Crippen LogP contribution in [0.1, 0.15) is 25.0 Å². The Labute approximate surface area is 137 Å². The SMILES string of the molecule is CC.Cc1ccc2c(c1)OCCO2.Cc1ccc2c(c1)OCO2. The van der Waals surface area contributed by atoms with Gasteiger partial charge in [-0.15, -0.1) is 0 Å². The fraction of sp³-hybridized carbons (Fsp3) is 0.368. The molecule has 2 aromatic rings. The van der Waals surface area contributed by atoms with Gasteiger partial charge in [-0.2, -0.15) is 0 Å². The van der Waals surface area contributed by atoms with Crippen LogP contribution in [0.4, 0.5) is 0 Å². The summed E-state index contributed by atoms with van der Waals surface area (Å²) in [4.78, 5) is 0. The summed E-state index contributed by atoms with van der Waals surface area (Å²) in [5, 5.41) is 0. The molecule has 0 radical (unpaired) electrons. The average molecular weight is 316 g/mol. The smallest absolute Gasteiger partial charge is 0.231 e. The van der Waals surface area contributed by atoms with Gasteiger partial charge in [-0.25, -0.2) is 0 Å². The fourth-order valence-corrected chi connectivity index (χ4v) is 2.15. The summed E-state index contributed by atoms with van der Waals surface area (Å²) in [6.45, 7) is 9.76.